The van der Waals surface area contributed by atoms with Crippen LogP contribution in [0.1, 0.15) is 26.2 Å². The van der Waals surface area contributed by atoms with E-state index in [0.29, 0.717) is 5.92 Å². The first kappa shape index (κ1) is 15.4. The Balaban J connectivity index is 2.47. The van der Waals surface area contributed by atoms with Crippen LogP contribution in [0.25, 0.3) is 0 Å². The highest BCUT2D eigenvalue weighted by Gasteiger charge is 2.45. The van der Waals surface area contributed by atoms with Crippen molar-refractivity contribution in [2.24, 2.45) is 5.92 Å². The summed E-state index contributed by atoms with van der Waals surface area (Å²) in [5.74, 6) is 0.551. The van der Waals surface area contributed by atoms with Crippen LogP contribution in [0.5, 0.6) is 0 Å². The van der Waals surface area contributed by atoms with E-state index in [-0.39, 0.29) is 5.54 Å². The molecule has 1 aliphatic rings. The van der Waals surface area contributed by atoms with Crippen molar-refractivity contribution in [1.82, 2.24) is 15.1 Å². The molecule has 0 aliphatic heterocycles. The number of nitrogens with one attached hydrogen (secondary N) is 1. The predicted molar refractivity (Wildman–Crippen MR) is 75.4 cm³/mol. The lowest BCUT2D eigenvalue weighted by atomic mass is 9.94. The molecule has 1 unspecified atom stereocenters. The molecule has 0 aromatic heterocycles. The maximum Gasteiger partial charge on any atom is 0.122 e. The maximum atomic E-state index is 9.50. The fourth-order valence-electron chi connectivity index (χ4n) is 2.48. The monoisotopic (exact) mass is 252 g/mol. The normalized spacial score (nSPS) is 18.9. The Hall–Kier alpha value is -0.630. The van der Waals surface area contributed by atoms with E-state index in [1.165, 1.54) is 12.8 Å². The Kier molecular flexibility index (Phi) is 6.07. The molecule has 1 aliphatic carbocycles. The molecular weight excluding hydrogens is 224 g/mol. The zero-order chi connectivity index (χ0) is 13.6. The van der Waals surface area contributed by atoms with Gasteiger partial charge >= 0.3 is 0 Å². The minimum Gasteiger partial charge on any atom is -0.309 e. The Labute approximate surface area is 112 Å². The minimum atomic E-state index is -0.325. The van der Waals surface area contributed by atoms with Crippen molar-refractivity contribution in [2.45, 2.75) is 31.7 Å². The highest BCUT2D eigenvalue weighted by Crippen LogP contribution is 2.39. The van der Waals surface area contributed by atoms with Crippen molar-refractivity contribution in [3.63, 3.8) is 0 Å². The van der Waals surface area contributed by atoms with Gasteiger partial charge in [-0.2, -0.15) is 5.26 Å². The molecule has 0 bridgehead atoms. The standard InChI is InChI=1S/C14H28N4/c1-5-18(10-6-9-17(3)4)12-14(11-15,16-2)13-7-8-13/h13,16H,5-10,12H2,1-4H3. The number of rotatable bonds is 9. The SMILES string of the molecule is CCN(CCCN(C)C)CC(C#N)(NC)C1CC1. The summed E-state index contributed by atoms with van der Waals surface area (Å²) in [4.78, 5) is 4.62. The zero-order valence-electron chi connectivity index (χ0n) is 12.4. The molecule has 0 saturated heterocycles. The first-order valence-corrected chi connectivity index (χ1v) is 7.05. The molecule has 18 heavy (non-hydrogen) atoms. The van der Waals surface area contributed by atoms with E-state index in [0.717, 1.165) is 32.6 Å². The summed E-state index contributed by atoms with van der Waals surface area (Å²) in [6.45, 7) is 6.24. The lowest BCUT2D eigenvalue weighted by Crippen LogP contribution is -2.53. The van der Waals surface area contributed by atoms with Crippen LogP contribution < -0.4 is 5.32 Å². The zero-order valence-corrected chi connectivity index (χ0v) is 12.4. The van der Waals surface area contributed by atoms with Gasteiger partial charge in [0.05, 0.1) is 6.07 Å². The smallest absolute Gasteiger partial charge is 0.122 e. The van der Waals surface area contributed by atoms with Gasteiger partial charge in [0.15, 0.2) is 0 Å². The topological polar surface area (TPSA) is 42.3 Å². The average Bonchev–Trinajstić information content (AvgIpc) is 3.18. The second-order valence-electron chi connectivity index (χ2n) is 5.63. The summed E-state index contributed by atoms with van der Waals surface area (Å²) in [5.41, 5.74) is -0.325. The van der Waals surface area contributed by atoms with Crippen LogP contribution in [-0.2, 0) is 0 Å². The Morgan fingerprint density at radius 3 is 2.39 bits per heavy atom. The summed E-state index contributed by atoms with van der Waals surface area (Å²) >= 11 is 0. The molecule has 0 aromatic rings. The van der Waals surface area contributed by atoms with Crippen molar-refractivity contribution in [2.75, 3.05) is 47.3 Å². The van der Waals surface area contributed by atoms with Gasteiger partial charge in [-0.1, -0.05) is 6.92 Å². The van der Waals surface area contributed by atoms with Crippen LogP contribution in [0.4, 0.5) is 0 Å². The van der Waals surface area contributed by atoms with Gasteiger partial charge < -0.3 is 15.1 Å². The summed E-state index contributed by atoms with van der Waals surface area (Å²) in [6, 6.07) is 2.53. The minimum absolute atomic E-state index is 0.325. The predicted octanol–water partition coefficient (Wildman–Crippen LogP) is 1.15. The number of hydrogen-bond donors (Lipinski definition) is 1. The fourth-order valence-corrected chi connectivity index (χ4v) is 2.48. The molecular formula is C14H28N4. The van der Waals surface area contributed by atoms with Crippen LogP contribution in [0.15, 0.2) is 0 Å². The second-order valence-corrected chi connectivity index (χ2v) is 5.63. The molecule has 1 fully saturated rings. The maximum absolute atomic E-state index is 9.50. The van der Waals surface area contributed by atoms with Crippen LogP contribution in [0, 0.1) is 17.2 Å². The van der Waals surface area contributed by atoms with Gasteiger partial charge in [0.25, 0.3) is 0 Å². The van der Waals surface area contributed by atoms with E-state index in [1.807, 2.05) is 7.05 Å². The summed E-state index contributed by atoms with van der Waals surface area (Å²) in [5, 5.41) is 12.8. The molecule has 0 amide bonds. The molecule has 0 aromatic carbocycles. The van der Waals surface area contributed by atoms with Crippen LogP contribution >= 0.6 is 0 Å². The van der Waals surface area contributed by atoms with Crippen molar-refractivity contribution in [3.05, 3.63) is 0 Å². The van der Waals surface area contributed by atoms with E-state index in [9.17, 15) is 5.26 Å². The quantitative estimate of drug-likeness (QED) is 0.668. The molecule has 1 saturated carbocycles. The Morgan fingerprint density at radius 2 is 2.00 bits per heavy atom. The molecule has 1 rings (SSSR count). The highest BCUT2D eigenvalue weighted by atomic mass is 15.2. The summed E-state index contributed by atoms with van der Waals surface area (Å²) < 4.78 is 0. The third-order valence-corrected chi connectivity index (χ3v) is 3.92. The average molecular weight is 252 g/mol. The van der Waals surface area contributed by atoms with Gasteiger partial charge in [-0.25, -0.2) is 0 Å². The Morgan fingerprint density at radius 1 is 1.33 bits per heavy atom. The summed E-state index contributed by atoms with van der Waals surface area (Å²) in [7, 11) is 6.14. The molecule has 1 N–H and O–H groups in total. The lowest BCUT2D eigenvalue weighted by Gasteiger charge is -2.33. The molecule has 104 valence electrons. The van der Waals surface area contributed by atoms with Gasteiger partial charge in [0.2, 0.25) is 0 Å². The third kappa shape index (κ3) is 4.24. The van der Waals surface area contributed by atoms with Gasteiger partial charge in [0, 0.05) is 6.54 Å². The van der Waals surface area contributed by atoms with Crippen molar-refractivity contribution in [3.8, 4) is 6.07 Å². The Bertz CT molecular complexity index is 280. The van der Waals surface area contributed by atoms with Crippen molar-refractivity contribution >= 4 is 0 Å². The number of hydrogen-bond acceptors (Lipinski definition) is 4. The molecule has 0 heterocycles. The molecule has 1 atom stereocenters. The van der Waals surface area contributed by atoms with Crippen molar-refractivity contribution in [1.29, 1.82) is 5.26 Å². The number of nitriles is 1. The van der Waals surface area contributed by atoms with Gasteiger partial charge in [-0.05, 0) is 66.0 Å². The summed E-state index contributed by atoms with van der Waals surface area (Å²) in [6.07, 6.45) is 3.56. The molecule has 4 heteroatoms. The fraction of sp³-hybridized carbons (Fsp3) is 0.929. The number of likely N-dealkylation sites (N-methyl/N-ethyl adjacent to an activating group) is 2. The largest absolute Gasteiger partial charge is 0.309 e. The van der Waals surface area contributed by atoms with Gasteiger partial charge in [-0.15, -0.1) is 0 Å². The van der Waals surface area contributed by atoms with Gasteiger partial charge in [0.1, 0.15) is 5.54 Å². The van der Waals surface area contributed by atoms with E-state index >= 15 is 0 Å². The molecule has 4 nitrogen and oxygen atoms in total. The third-order valence-electron chi connectivity index (χ3n) is 3.92. The van der Waals surface area contributed by atoms with Crippen LogP contribution in [0.3, 0.4) is 0 Å². The first-order chi connectivity index (χ1) is 8.57. The van der Waals surface area contributed by atoms with E-state index < -0.39 is 0 Å². The first-order valence-electron chi connectivity index (χ1n) is 7.05. The van der Waals surface area contributed by atoms with Gasteiger partial charge in [-0.3, -0.25) is 0 Å². The van der Waals surface area contributed by atoms with E-state index in [1.54, 1.807) is 0 Å². The molecule has 0 radical (unpaired) electrons. The molecule has 0 spiro atoms. The van der Waals surface area contributed by atoms with Crippen LogP contribution in [0.2, 0.25) is 0 Å². The number of nitrogens with zero attached hydrogens (tertiary/aromatic N) is 3. The van der Waals surface area contributed by atoms with Crippen molar-refractivity contribution < 1.29 is 0 Å². The second kappa shape index (κ2) is 7.08. The van der Waals surface area contributed by atoms with Crippen LogP contribution in [-0.4, -0.2) is 62.7 Å². The van der Waals surface area contributed by atoms with E-state index in [4.69, 9.17) is 0 Å². The highest BCUT2D eigenvalue weighted by molar-refractivity contribution is 5.16. The lowest BCUT2D eigenvalue weighted by molar-refractivity contribution is 0.201. The van der Waals surface area contributed by atoms with E-state index in [2.05, 4.69) is 42.2 Å².